The number of likely N-dealkylation sites (tertiary alicyclic amines) is 1. The SMILES string of the molecule is CN(C[C@@H]1CCCN(CCc2ccc(Cl)cc2)C1)C(=O)c1cccc(=O)[nH]1. The van der Waals surface area contributed by atoms with E-state index in [4.69, 9.17) is 11.6 Å². The third-order valence-corrected chi connectivity index (χ3v) is 5.36. The van der Waals surface area contributed by atoms with Gasteiger partial charge in [0, 0.05) is 37.8 Å². The molecule has 5 nitrogen and oxygen atoms in total. The van der Waals surface area contributed by atoms with Crippen LogP contribution in [0.15, 0.2) is 47.3 Å². The molecule has 0 bridgehead atoms. The number of H-pyrrole nitrogens is 1. The van der Waals surface area contributed by atoms with Crippen molar-refractivity contribution in [3.05, 3.63) is 69.1 Å². The highest BCUT2D eigenvalue weighted by Gasteiger charge is 2.23. The Morgan fingerprint density at radius 3 is 2.78 bits per heavy atom. The predicted octanol–water partition coefficient (Wildman–Crippen LogP) is 3.06. The average molecular weight is 388 g/mol. The number of piperidine rings is 1. The van der Waals surface area contributed by atoms with Crippen LogP contribution in [-0.4, -0.2) is 53.9 Å². The number of halogens is 1. The van der Waals surface area contributed by atoms with Crippen LogP contribution in [0.5, 0.6) is 0 Å². The number of nitrogens with zero attached hydrogens (tertiary/aromatic N) is 2. The van der Waals surface area contributed by atoms with Crippen molar-refractivity contribution in [2.24, 2.45) is 5.92 Å². The Bertz CT molecular complexity index is 819. The lowest BCUT2D eigenvalue weighted by Crippen LogP contribution is -2.42. The van der Waals surface area contributed by atoms with Gasteiger partial charge in [0.25, 0.3) is 5.91 Å². The van der Waals surface area contributed by atoms with E-state index >= 15 is 0 Å². The fraction of sp³-hybridized carbons (Fsp3) is 0.429. The van der Waals surface area contributed by atoms with Crippen LogP contribution in [0.3, 0.4) is 0 Å². The quantitative estimate of drug-likeness (QED) is 0.828. The number of rotatable bonds is 6. The average Bonchev–Trinajstić information content (AvgIpc) is 2.67. The van der Waals surface area contributed by atoms with E-state index in [1.54, 1.807) is 24.1 Å². The zero-order chi connectivity index (χ0) is 19.2. The molecule has 1 amide bonds. The van der Waals surface area contributed by atoms with Gasteiger partial charge in [0.15, 0.2) is 0 Å². The molecule has 1 fully saturated rings. The molecule has 144 valence electrons. The van der Waals surface area contributed by atoms with E-state index in [0.717, 1.165) is 43.9 Å². The van der Waals surface area contributed by atoms with Crippen molar-refractivity contribution < 1.29 is 4.79 Å². The standard InChI is InChI=1S/C21H26ClN3O2/c1-24(21(27)19-5-2-6-20(26)23-19)14-17-4-3-12-25(15-17)13-11-16-7-9-18(22)10-8-16/h2,5-10,17H,3-4,11-15H2,1H3,(H,23,26)/t17-/m0/s1. The predicted molar refractivity (Wildman–Crippen MR) is 108 cm³/mol. The number of aromatic nitrogens is 1. The summed E-state index contributed by atoms with van der Waals surface area (Å²) in [5.41, 5.74) is 1.39. The minimum atomic E-state index is -0.250. The van der Waals surface area contributed by atoms with E-state index in [1.165, 1.54) is 11.6 Å². The van der Waals surface area contributed by atoms with Crippen LogP contribution in [0.1, 0.15) is 28.9 Å². The van der Waals surface area contributed by atoms with Crippen molar-refractivity contribution >= 4 is 17.5 Å². The molecule has 27 heavy (non-hydrogen) atoms. The summed E-state index contributed by atoms with van der Waals surface area (Å²) in [6, 6.07) is 12.7. The molecule has 1 atom stereocenters. The van der Waals surface area contributed by atoms with Crippen LogP contribution >= 0.6 is 11.6 Å². The molecule has 0 aliphatic carbocycles. The number of hydrogen-bond acceptors (Lipinski definition) is 3. The van der Waals surface area contributed by atoms with Gasteiger partial charge in [-0.25, -0.2) is 0 Å². The lowest BCUT2D eigenvalue weighted by atomic mass is 9.97. The molecule has 1 aliphatic rings. The van der Waals surface area contributed by atoms with Gasteiger partial charge >= 0.3 is 0 Å². The van der Waals surface area contributed by atoms with Crippen LogP contribution in [-0.2, 0) is 6.42 Å². The van der Waals surface area contributed by atoms with Gasteiger partial charge in [-0.3, -0.25) is 9.59 Å². The summed E-state index contributed by atoms with van der Waals surface area (Å²) in [6.07, 6.45) is 3.28. The minimum absolute atomic E-state index is 0.133. The molecule has 1 aromatic heterocycles. The maximum absolute atomic E-state index is 12.5. The van der Waals surface area contributed by atoms with Crippen LogP contribution in [0, 0.1) is 5.92 Å². The number of benzene rings is 1. The monoisotopic (exact) mass is 387 g/mol. The molecule has 3 rings (SSSR count). The Hall–Kier alpha value is -2.11. The fourth-order valence-corrected chi connectivity index (χ4v) is 3.82. The van der Waals surface area contributed by atoms with Crippen molar-refractivity contribution in [2.75, 3.05) is 33.2 Å². The second-order valence-electron chi connectivity index (χ2n) is 7.30. The first-order valence-electron chi connectivity index (χ1n) is 9.43. The summed E-state index contributed by atoms with van der Waals surface area (Å²) in [4.78, 5) is 30.7. The number of carbonyl (C=O) groups excluding carboxylic acids is 1. The zero-order valence-corrected chi connectivity index (χ0v) is 16.4. The lowest BCUT2D eigenvalue weighted by Gasteiger charge is -2.34. The minimum Gasteiger partial charge on any atom is -0.340 e. The number of carbonyl (C=O) groups is 1. The molecule has 0 spiro atoms. The summed E-state index contributed by atoms with van der Waals surface area (Å²) < 4.78 is 0. The van der Waals surface area contributed by atoms with E-state index < -0.39 is 0 Å². The molecule has 0 unspecified atom stereocenters. The molecular weight excluding hydrogens is 362 g/mol. The topological polar surface area (TPSA) is 56.4 Å². The Morgan fingerprint density at radius 2 is 2.04 bits per heavy atom. The van der Waals surface area contributed by atoms with E-state index in [9.17, 15) is 9.59 Å². The summed E-state index contributed by atoms with van der Waals surface area (Å²) in [5, 5.41) is 0.768. The highest BCUT2D eigenvalue weighted by molar-refractivity contribution is 6.30. The highest BCUT2D eigenvalue weighted by Crippen LogP contribution is 2.19. The number of pyridine rings is 1. The first kappa shape index (κ1) is 19.6. The largest absolute Gasteiger partial charge is 0.340 e. The summed E-state index contributed by atoms with van der Waals surface area (Å²) in [7, 11) is 1.81. The lowest BCUT2D eigenvalue weighted by molar-refractivity contribution is 0.0724. The molecular formula is C21H26ClN3O2. The second-order valence-corrected chi connectivity index (χ2v) is 7.74. The normalized spacial score (nSPS) is 17.6. The molecule has 2 aromatic rings. The van der Waals surface area contributed by atoms with Crippen molar-refractivity contribution in [3.8, 4) is 0 Å². The number of aromatic amines is 1. The van der Waals surface area contributed by atoms with Crippen molar-refractivity contribution in [1.29, 1.82) is 0 Å². The molecule has 1 N–H and O–H groups in total. The maximum Gasteiger partial charge on any atom is 0.270 e. The van der Waals surface area contributed by atoms with Crippen LogP contribution in [0.25, 0.3) is 0 Å². The first-order valence-corrected chi connectivity index (χ1v) is 9.80. The number of hydrogen-bond donors (Lipinski definition) is 1. The van der Waals surface area contributed by atoms with Crippen LogP contribution in [0.2, 0.25) is 5.02 Å². The van der Waals surface area contributed by atoms with Gasteiger partial charge < -0.3 is 14.8 Å². The van der Waals surface area contributed by atoms with Crippen molar-refractivity contribution in [2.45, 2.75) is 19.3 Å². The van der Waals surface area contributed by atoms with E-state index in [-0.39, 0.29) is 11.5 Å². The molecule has 0 saturated carbocycles. The Balaban J connectivity index is 1.50. The van der Waals surface area contributed by atoms with E-state index in [2.05, 4.69) is 22.0 Å². The molecule has 0 radical (unpaired) electrons. The van der Waals surface area contributed by atoms with Gasteiger partial charge in [-0.05, 0) is 55.5 Å². The summed E-state index contributed by atoms with van der Waals surface area (Å²) in [5.74, 6) is 0.319. The van der Waals surface area contributed by atoms with Crippen molar-refractivity contribution in [1.82, 2.24) is 14.8 Å². The van der Waals surface area contributed by atoms with Gasteiger partial charge in [0.1, 0.15) is 5.69 Å². The molecule has 6 heteroatoms. The molecule has 1 aromatic carbocycles. The summed E-state index contributed by atoms with van der Waals surface area (Å²) in [6.45, 7) is 3.82. The second kappa shape index (κ2) is 9.20. The molecule has 2 heterocycles. The maximum atomic E-state index is 12.5. The van der Waals surface area contributed by atoms with Crippen LogP contribution < -0.4 is 5.56 Å². The zero-order valence-electron chi connectivity index (χ0n) is 15.7. The van der Waals surface area contributed by atoms with Gasteiger partial charge in [0.05, 0.1) is 0 Å². The van der Waals surface area contributed by atoms with E-state index in [0.29, 0.717) is 18.2 Å². The van der Waals surface area contributed by atoms with Gasteiger partial charge in [-0.2, -0.15) is 0 Å². The number of nitrogens with one attached hydrogen (secondary N) is 1. The van der Waals surface area contributed by atoms with E-state index in [1.807, 2.05) is 12.1 Å². The third-order valence-electron chi connectivity index (χ3n) is 5.11. The third kappa shape index (κ3) is 5.68. The molecule has 1 saturated heterocycles. The van der Waals surface area contributed by atoms with Gasteiger partial charge in [0.2, 0.25) is 5.56 Å². The highest BCUT2D eigenvalue weighted by atomic mass is 35.5. The Labute approximate surface area is 164 Å². The Morgan fingerprint density at radius 1 is 1.26 bits per heavy atom. The van der Waals surface area contributed by atoms with Gasteiger partial charge in [-0.1, -0.05) is 29.8 Å². The Kier molecular flexibility index (Phi) is 6.69. The number of amides is 1. The molecule has 1 aliphatic heterocycles. The smallest absolute Gasteiger partial charge is 0.270 e. The van der Waals surface area contributed by atoms with Crippen molar-refractivity contribution in [3.63, 3.8) is 0 Å². The van der Waals surface area contributed by atoms with Crippen LogP contribution in [0.4, 0.5) is 0 Å². The fourth-order valence-electron chi connectivity index (χ4n) is 3.69. The summed E-state index contributed by atoms with van der Waals surface area (Å²) >= 11 is 5.94. The van der Waals surface area contributed by atoms with Gasteiger partial charge in [-0.15, -0.1) is 0 Å². The first-order chi connectivity index (χ1) is 13.0.